The van der Waals surface area contributed by atoms with Crippen LogP contribution in [0.15, 0.2) is 42.0 Å². The van der Waals surface area contributed by atoms with Crippen molar-refractivity contribution in [3.8, 4) is 11.3 Å². The van der Waals surface area contributed by atoms with E-state index in [1.807, 2.05) is 53.4 Å². The Morgan fingerprint density at radius 3 is 2.78 bits per heavy atom. The van der Waals surface area contributed by atoms with Crippen LogP contribution in [0.5, 0.6) is 0 Å². The van der Waals surface area contributed by atoms with Crippen LogP contribution in [0.1, 0.15) is 19.8 Å². The van der Waals surface area contributed by atoms with Crippen LogP contribution >= 0.6 is 23.7 Å². The van der Waals surface area contributed by atoms with Crippen LogP contribution in [0.3, 0.4) is 0 Å². The Morgan fingerprint density at radius 1 is 1.39 bits per heavy atom. The number of carbonyl (C=O) groups is 1. The van der Waals surface area contributed by atoms with Gasteiger partial charge in [-0.1, -0.05) is 25.5 Å². The molecule has 0 radical (unpaired) electrons. The fourth-order valence-corrected chi connectivity index (χ4v) is 2.97. The van der Waals surface area contributed by atoms with Crippen molar-refractivity contribution in [3.05, 3.63) is 42.0 Å². The fraction of sp³-hybridized carbons (Fsp3) is 0.250. The maximum absolute atomic E-state index is 11.9. The third-order valence-corrected chi connectivity index (χ3v) is 4.25. The summed E-state index contributed by atoms with van der Waals surface area (Å²) >= 11 is 1.60. The molecule has 1 atom stereocenters. The van der Waals surface area contributed by atoms with Gasteiger partial charge in [-0.05, 0) is 18.6 Å². The number of rotatable bonds is 5. The number of carbonyl (C=O) groups excluding carboxylic acids is 1. The van der Waals surface area contributed by atoms with E-state index in [9.17, 15) is 4.79 Å². The van der Waals surface area contributed by atoms with E-state index in [0.29, 0.717) is 6.42 Å². The lowest BCUT2D eigenvalue weighted by molar-refractivity contribution is -0.117. The molecule has 0 fully saturated rings. The molecule has 0 bridgehead atoms. The summed E-state index contributed by atoms with van der Waals surface area (Å²) in [5.74, 6) is -0.142. The van der Waals surface area contributed by atoms with Crippen molar-refractivity contribution >= 4 is 40.3 Å². The van der Waals surface area contributed by atoms with Gasteiger partial charge in [0.05, 0.1) is 11.7 Å². The first kappa shape index (κ1) is 17.5. The predicted molar refractivity (Wildman–Crippen MR) is 97.3 cm³/mol. The van der Waals surface area contributed by atoms with E-state index in [4.69, 9.17) is 5.73 Å². The summed E-state index contributed by atoms with van der Waals surface area (Å²) in [4.78, 5) is 17.4. The topological polar surface area (TPSA) is 72.4 Å². The van der Waals surface area contributed by atoms with Crippen molar-refractivity contribution in [2.45, 2.75) is 25.8 Å². The average molecular weight is 351 g/mol. The van der Waals surface area contributed by atoms with Gasteiger partial charge in [0.1, 0.15) is 0 Å². The van der Waals surface area contributed by atoms with Crippen LogP contribution in [0.25, 0.3) is 16.2 Å². The van der Waals surface area contributed by atoms with Crippen LogP contribution < -0.4 is 11.1 Å². The number of halogens is 1. The molecule has 0 aliphatic rings. The number of imidazole rings is 1. The van der Waals surface area contributed by atoms with Gasteiger partial charge in [-0.3, -0.25) is 9.20 Å². The number of thiazole rings is 1. The summed E-state index contributed by atoms with van der Waals surface area (Å²) < 4.78 is 2.00. The van der Waals surface area contributed by atoms with Crippen LogP contribution in [-0.4, -0.2) is 21.3 Å². The van der Waals surface area contributed by atoms with Gasteiger partial charge in [0, 0.05) is 29.0 Å². The number of nitrogens with one attached hydrogen (secondary N) is 1. The number of nitrogens with two attached hydrogens (primary N) is 1. The van der Waals surface area contributed by atoms with E-state index >= 15 is 0 Å². The van der Waals surface area contributed by atoms with Crippen LogP contribution in [0.4, 0.5) is 5.69 Å². The quantitative estimate of drug-likeness (QED) is 0.739. The van der Waals surface area contributed by atoms with E-state index in [1.165, 1.54) is 0 Å². The third kappa shape index (κ3) is 3.90. The molecule has 3 N–H and O–H groups in total. The van der Waals surface area contributed by atoms with Crippen molar-refractivity contribution in [3.63, 3.8) is 0 Å². The molecule has 5 nitrogen and oxygen atoms in total. The first-order valence-corrected chi connectivity index (χ1v) is 8.14. The van der Waals surface area contributed by atoms with E-state index in [-0.39, 0.29) is 18.3 Å². The molecule has 0 saturated heterocycles. The second-order valence-corrected chi connectivity index (χ2v) is 6.05. The lowest BCUT2D eigenvalue weighted by atomic mass is 10.1. The molecule has 1 aromatic carbocycles. The Kier molecular flexibility index (Phi) is 5.76. The summed E-state index contributed by atoms with van der Waals surface area (Å²) in [6, 6.07) is 7.20. The van der Waals surface area contributed by atoms with E-state index in [0.717, 1.165) is 28.3 Å². The van der Waals surface area contributed by atoms with Gasteiger partial charge < -0.3 is 11.1 Å². The Hall–Kier alpha value is -1.89. The van der Waals surface area contributed by atoms with Crippen LogP contribution in [0, 0.1) is 0 Å². The minimum absolute atomic E-state index is 0. The third-order valence-electron chi connectivity index (χ3n) is 3.48. The number of hydrogen-bond acceptors (Lipinski definition) is 4. The first-order chi connectivity index (χ1) is 10.7. The van der Waals surface area contributed by atoms with Crippen LogP contribution in [0.2, 0.25) is 0 Å². The van der Waals surface area contributed by atoms with Crippen molar-refractivity contribution in [2.75, 3.05) is 5.32 Å². The number of fused-ring (bicyclic) bond motifs is 1. The van der Waals surface area contributed by atoms with Crippen LogP contribution in [-0.2, 0) is 4.79 Å². The number of aromatic nitrogens is 2. The molecule has 23 heavy (non-hydrogen) atoms. The number of hydrogen-bond donors (Lipinski definition) is 2. The molecule has 7 heteroatoms. The maximum Gasteiger partial charge on any atom is 0.241 e. The van der Waals surface area contributed by atoms with Gasteiger partial charge in [-0.25, -0.2) is 4.98 Å². The molecule has 0 aliphatic heterocycles. The highest BCUT2D eigenvalue weighted by molar-refractivity contribution is 7.15. The average Bonchev–Trinajstić information content (AvgIpc) is 3.09. The molecular formula is C16H19ClN4OS. The predicted octanol–water partition coefficient (Wildman–Crippen LogP) is 3.55. The zero-order valence-electron chi connectivity index (χ0n) is 12.7. The summed E-state index contributed by atoms with van der Waals surface area (Å²) in [6.07, 6.45) is 5.57. The minimum atomic E-state index is -0.454. The zero-order chi connectivity index (χ0) is 15.5. The second kappa shape index (κ2) is 7.59. The fourth-order valence-electron chi connectivity index (χ4n) is 2.27. The molecular weight excluding hydrogens is 332 g/mol. The molecule has 122 valence electrons. The van der Waals surface area contributed by atoms with E-state index in [2.05, 4.69) is 10.3 Å². The maximum atomic E-state index is 11.9. The first-order valence-electron chi connectivity index (χ1n) is 7.26. The smallest absolute Gasteiger partial charge is 0.241 e. The molecule has 0 aliphatic carbocycles. The highest BCUT2D eigenvalue weighted by atomic mass is 35.5. The molecule has 1 amide bonds. The molecule has 3 rings (SSSR count). The Bertz CT molecular complexity index is 752. The Balaban J connectivity index is 0.00000192. The van der Waals surface area contributed by atoms with Gasteiger partial charge in [0.15, 0.2) is 4.96 Å². The number of anilines is 1. The number of benzene rings is 1. The Morgan fingerprint density at radius 2 is 2.13 bits per heavy atom. The van der Waals surface area contributed by atoms with E-state index < -0.39 is 6.04 Å². The van der Waals surface area contributed by atoms with E-state index in [1.54, 1.807) is 11.3 Å². The zero-order valence-corrected chi connectivity index (χ0v) is 14.4. The molecule has 3 aromatic rings. The molecule has 2 heterocycles. The Labute approximate surface area is 144 Å². The second-order valence-electron chi connectivity index (χ2n) is 5.18. The molecule has 0 saturated carbocycles. The summed E-state index contributed by atoms with van der Waals surface area (Å²) in [6.45, 7) is 2.01. The van der Waals surface area contributed by atoms with Crippen molar-refractivity contribution in [2.24, 2.45) is 5.73 Å². The standard InChI is InChI=1S/C16H18N4OS.ClH/c1-2-3-13(17)15(21)18-12-6-4-11(5-7-12)14-10-20-8-9-22-16(20)19-14;/h4-10,13H,2-3,17H2,1H3,(H,18,21);1H. The molecule has 2 aromatic heterocycles. The number of amides is 1. The minimum Gasteiger partial charge on any atom is -0.325 e. The normalized spacial score (nSPS) is 11.9. The number of nitrogens with zero attached hydrogens (tertiary/aromatic N) is 2. The van der Waals surface area contributed by atoms with Crippen molar-refractivity contribution in [1.82, 2.24) is 9.38 Å². The van der Waals surface area contributed by atoms with Crippen molar-refractivity contribution < 1.29 is 4.79 Å². The highest BCUT2D eigenvalue weighted by Gasteiger charge is 2.12. The monoisotopic (exact) mass is 350 g/mol. The lowest BCUT2D eigenvalue weighted by Crippen LogP contribution is -2.35. The SMILES string of the molecule is CCCC(N)C(=O)Nc1ccc(-c2cn3ccsc3n2)cc1.Cl. The summed E-state index contributed by atoms with van der Waals surface area (Å²) in [5, 5.41) is 4.84. The summed E-state index contributed by atoms with van der Waals surface area (Å²) in [7, 11) is 0. The molecule has 0 spiro atoms. The lowest BCUT2D eigenvalue weighted by Gasteiger charge is -2.11. The van der Waals surface area contributed by atoms with Gasteiger partial charge in [-0.2, -0.15) is 0 Å². The summed E-state index contributed by atoms with van der Waals surface area (Å²) in [5.41, 5.74) is 8.50. The largest absolute Gasteiger partial charge is 0.325 e. The highest BCUT2D eigenvalue weighted by Crippen LogP contribution is 2.23. The van der Waals surface area contributed by atoms with Crippen molar-refractivity contribution in [1.29, 1.82) is 0 Å². The van der Waals surface area contributed by atoms with Gasteiger partial charge >= 0.3 is 0 Å². The van der Waals surface area contributed by atoms with Gasteiger partial charge in [-0.15, -0.1) is 23.7 Å². The van der Waals surface area contributed by atoms with Gasteiger partial charge in [0.2, 0.25) is 5.91 Å². The molecule has 1 unspecified atom stereocenters. The van der Waals surface area contributed by atoms with Gasteiger partial charge in [0.25, 0.3) is 0 Å².